The van der Waals surface area contributed by atoms with Crippen molar-refractivity contribution >= 4 is 60.3 Å². The molecule has 0 amide bonds. The van der Waals surface area contributed by atoms with E-state index in [1.54, 1.807) is 0 Å². The van der Waals surface area contributed by atoms with Crippen LogP contribution in [0, 0.1) is 0 Å². The number of para-hydroxylation sites is 2. The van der Waals surface area contributed by atoms with E-state index in [9.17, 15) is 0 Å². The Morgan fingerprint density at radius 1 is 0.610 bits per heavy atom. The van der Waals surface area contributed by atoms with Gasteiger partial charge < -0.3 is 4.57 Å². The summed E-state index contributed by atoms with van der Waals surface area (Å²) in [6.45, 7) is 0. The molecule has 5 heteroatoms. The minimum Gasteiger partial charge on any atom is -0.309 e. The number of benzene rings is 4. The SMILES string of the molecule is c1ccc(-n2c3ccccc3c3cc4c(cc32)-c2ccc3c5cnccc5n5c6cccnc6nc5c3c2C4)cc1. The van der Waals surface area contributed by atoms with Crippen LogP contribution in [0.4, 0.5) is 0 Å². The summed E-state index contributed by atoms with van der Waals surface area (Å²) in [5.74, 6) is 0. The maximum Gasteiger partial charge on any atom is 0.178 e. The molecule has 5 aromatic heterocycles. The molecule has 0 spiro atoms. The van der Waals surface area contributed by atoms with Crippen LogP contribution in [0.2, 0.25) is 0 Å². The van der Waals surface area contributed by atoms with Crippen molar-refractivity contribution < 1.29 is 0 Å². The molecule has 5 nitrogen and oxygen atoms in total. The third kappa shape index (κ3) is 2.68. The van der Waals surface area contributed by atoms with Gasteiger partial charge in [0.1, 0.15) is 5.65 Å². The van der Waals surface area contributed by atoms with Gasteiger partial charge in [0.2, 0.25) is 0 Å². The Labute approximate surface area is 234 Å². The van der Waals surface area contributed by atoms with Gasteiger partial charge in [0.05, 0.1) is 22.1 Å². The van der Waals surface area contributed by atoms with Gasteiger partial charge in [-0.1, -0.05) is 48.5 Å². The highest BCUT2D eigenvalue weighted by Gasteiger charge is 2.26. The molecule has 0 unspecified atom stereocenters. The van der Waals surface area contributed by atoms with Gasteiger partial charge in [-0.2, -0.15) is 0 Å². The summed E-state index contributed by atoms with van der Waals surface area (Å²) in [7, 11) is 0. The molecule has 41 heavy (non-hydrogen) atoms. The Hall–Kier alpha value is -5.55. The fourth-order valence-electron chi connectivity index (χ4n) is 7.18. The summed E-state index contributed by atoms with van der Waals surface area (Å²) >= 11 is 0. The lowest BCUT2D eigenvalue weighted by Crippen LogP contribution is -1.95. The molecule has 9 aromatic rings. The largest absolute Gasteiger partial charge is 0.309 e. The van der Waals surface area contributed by atoms with Crippen LogP contribution < -0.4 is 0 Å². The summed E-state index contributed by atoms with van der Waals surface area (Å²) in [4.78, 5) is 14.2. The maximum absolute atomic E-state index is 5.10. The van der Waals surface area contributed by atoms with Crippen molar-refractivity contribution in [2.45, 2.75) is 6.42 Å². The fraction of sp³-hybridized carbons (Fsp3) is 0.0278. The number of aromatic nitrogens is 5. The highest BCUT2D eigenvalue weighted by atomic mass is 15.1. The minimum atomic E-state index is 0.764. The molecule has 1 aliphatic carbocycles. The van der Waals surface area contributed by atoms with Gasteiger partial charge in [0, 0.05) is 45.8 Å². The molecule has 0 N–H and O–H groups in total. The van der Waals surface area contributed by atoms with Crippen molar-refractivity contribution in [3.63, 3.8) is 0 Å². The molecule has 0 saturated carbocycles. The molecule has 0 atom stereocenters. The van der Waals surface area contributed by atoms with Crippen molar-refractivity contribution in [3.8, 4) is 16.8 Å². The van der Waals surface area contributed by atoms with Crippen LogP contribution in [0.15, 0.2) is 116 Å². The summed E-state index contributed by atoms with van der Waals surface area (Å²) in [6, 6.07) is 35.0. The lowest BCUT2D eigenvalue weighted by molar-refractivity contribution is 1.18. The second kappa shape index (κ2) is 7.55. The molecule has 10 rings (SSSR count). The third-order valence-electron chi connectivity index (χ3n) is 8.87. The lowest BCUT2D eigenvalue weighted by Gasteiger charge is -2.12. The van der Waals surface area contributed by atoms with Crippen LogP contribution in [0.5, 0.6) is 0 Å². The normalized spacial score (nSPS) is 12.8. The quantitative estimate of drug-likeness (QED) is 0.204. The van der Waals surface area contributed by atoms with Gasteiger partial charge in [-0.3, -0.25) is 9.38 Å². The van der Waals surface area contributed by atoms with Gasteiger partial charge in [0.15, 0.2) is 5.65 Å². The molecule has 0 radical (unpaired) electrons. The maximum atomic E-state index is 5.10. The predicted molar refractivity (Wildman–Crippen MR) is 166 cm³/mol. The molecule has 0 saturated heterocycles. The molecular formula is C36H21N5. The van der Waals surface area contributed by atoms with Crippen LogP contribution in [0.3, 0.4) is 0 Å². The molecule has 5 heterocycles. The molecular weight excluding hydrogens is 502 g/mol. The number of pyridine rings is 3. The Kier molecular flexibility index (Phi) is 3.92. The van der Waals surface area contributed by atoms with E-state index in [1.807, 2.05) is 24.7 Å². The summed E-state index contributed by atoms with van der Waals surface area (Å²) in [6.07, 6.45) is 6.52. The first-order valence-corrected chi connectivity index (χ1v) is 13.9. The highest BCUT2D eigenvalue weighted by molar-refractivity contribution is 6.17. The second-order valence-electron chi connectivity index (χ2n) is 10.9. The number of hydrogen-bond acceptors (Lipinski definition) is 3. The van der Waals surface area contributed by atoms with E-state index in [2.05, 4.69) is 110 Å². The van der Waals surface area contributed by atoms with Gasteiger partial charge in [-0.25, -0.2) is 9.97 Å². The number of fused-ring (bicyclic) bond motifs is 15. The highest BCUT2D eigenvalue weighted by Crippen LogP contribution is 2.46. The summed E-state index contributed by atoms with van der Waals surface area (Å²) < 4.78 is 4.66. The van der Waals surface area contributed by atoms with E-state index in [0.29, 0.717) is 0 Å². The first kappa shape index (κ1) is 21.3. The van der Waals surface area contributed by atoms with Gasteiger partial charge in [0.25, 0.3) is 0 Å². The Balaban J connectivity index is 1.34. The molecule has 4 aromatic carbocycles. The topological polar surface area (TPSA) is 48.0 Å². The van der Waals surface area contributed by atoms with Crippen molar-refractivity contribution in [2.75, 3.05) is 0 Å². The van der Waals surface area contributed by atoms with E-state index < -0.39 is 0 Å². The van der Waals surface area contributed by atoms with Crippen LogP contribution in [0.1, 0.15) is 11.1 Å². The fourth-order valence-corrected chi connectivity index (χ4v) is 7.18. The Morgan fingerprint density at radius 2 is 1.49 bits per heavy atom. The van der Waals surface area contributed by atoms with Crippen molar-refractivity contribution in [2.24, 2.45) is 0 Å². The van der Waals surface area contributed by atoms with Crippen molar-refractivity contribution in [3.05, 3.63) is 127 Å². The monoisotopic (exact) mass is 523 g/mol. The molecule has 190 valence electrons. The van der Waals surface area contributed by atoms with Crippen LogP contribution in [-0.4, -0.2) is 23.9 Å². The van der Waals surface area contributed by atoms with E-state index in [0.717, 1.165) is 34.1 Å². The van der Waals surface area contributed by atoms with Gasteiger partial charge >= 0.3 is 0 Å². The molecule has 0 bridgehead atoms. The zero-order valence-corrected chi connectivity index (χ0v) is 21.9. The standard InChI is InChI=1S/C36H21N5/c1-2-7-22(8-3-1)40-30-10-5-4-9-24(30)27-17-21-18-28-23(26(21)19-33(27)40)12-13-25-29-20-37-16-14-31(29)41-32-11-6-15-38-35(32)39-36(41)34(25)28/h1-17,19-20H,18H2. The second-order valence-corrected chi connectivity index (χ2v) is 10.9. The first-order valence-electron chi connectivity index (χ1n) is 13.9. The smallest absolute Gasteiger partial charge is 0.178 e. The van der Waals surface area contributed by atoms with Gasteiger partial charge in [-0.05, 0) is 82.6 Å². The van der Waals surface area contributed by atoms with E-state index in [-0.39, 0.29) is 0 Å². The molecule has 0 fully saturated rings. The van der Waals surface area contributed by atoms with Gasteiger partial charge in [-0.15, -0.1) is 0 Å². The van der Waals surface area contributed by atoms with E-state index >= 15 is 0 Å². The van der Waals surface area contributed by atoms with E-state index in [4.69, 9.17) is 4.98 Å². The average Bonchev–Trinajstić information content (AvgIpc) is 3.69. The predicted octanol–water partition coefficient (Wildman–Crippen LogP) is 8.25. The van der Waals surface area contributed by atoms with Crippen molar-refractivity contribution in [1.29, 1.82) is 0 Å². The zero-order chi connectivity index (χ0) is 26.7. The van der Waals surface area contributed by atoms with Crippen LogP contribution in [-0.2, 0) is 6.42 Å². The zero-order valence-electron chi connectivity index (χ0n) is 21.9. The average molecular weight is 524 g/mol. The van der Waals surface area contributed by atoms with E-state index in [1.165, 1.54) is 60.5 Å². The Bertz CT molecular complexity index is 2550. The number of imidazole rings is 1. The summed E-state index contributed by atoms with van der Waals surface area (Å²) in [5, 5.41) is 6.07. The Morgan fingerprint density at radius 3 is 2.44 bits per heavy atom. The number of hydrogen-bond donors (Lipinski definition) is 0. The first-order chi connectivity index (χ1) is 20.3. The van der Waals surface area contributed by atoms with Crippen LogP contribution >= 0.6 is 0 Å². The third-order valence-corrected chi connectivity index (χ3v) is 8.87. The minimum absolute atomic E-state index is 0.764. The molecule has 0 aliphatic heterocycles. The molecule has 1 aliphatic rings. The summed E-state index contributed by atoms with van der Waals surface area (Å²) in [5.41, 5.74) is 12.7. The van der Waals surface area contributed by atoms with Crippen molar-refractivity contribution in [1.82, 2.24) is 23.9 Å². The lowest BCUT2D eigenvalue weighted by atomic mass is 9.97. The number of nitrogens with zero attached hydrogens (tertiary/aromatic N) is 5. The number of rotatable bonds is 1. The van der Waals surface area contributed by atoms with Crippen LogP contribution in [0.25, 0.3) is 77.1 Å².